The van der Waals surface area contributed by atoms with E-state index in [0.29, 0.717) is 34.9 Å². The number of hydrogen-bond acceptors (Lipinski definition) is 4. The van der Waals surface area contributed by atoms with Crippen molar-refractivity contribution in [2.24, 2.45) is 0 Å². The van der Waals surface area contributed by atoms with Crippen LogP contribution in [0.3, 0.4) is 0 Å². The van der Waals surface area contributed by atoms with Crippen molar-refractivity contribution in [1.82, 2.24) is 19.7 Å². The summed E-state index contributed by atoms with van der Waals surface area (Å²) in [4.78, 5) is 21.1. The van der Waals surface area contributed by atoms with Gasteiger partial charge in [-0.25, -0.2) is 9.67 Å². The van der Waals surface area contributed by atoms with Crippen LogP contribution in [0.4, 0.5) is 0 Å². The summed E-state index contributed by atoms with van der Waals surface area (Å²) in [7, 11) is 0. The molecule has 0 bridgehead atoms. The molecule has 0 spiro atoms. The summed E-state index contributed by atoms with van der Waals surface area (Å²) in [5.41, 5.74) is 3.76. The van der Waals surface area contributed by atoms with Gasteiger partial charge in [0, 0.05) is 5.56 Å². The molecule has 0 amide bonds. The zero-order chi connectivity index (χ0) is 21.2. The average molecular weight is 408 g/mol. The molecule has 0 atom stereocenters. The van der Waals surface area contributed by atoms with E-state index >= 15 is 0 Å². The zero-order valence-corrected chi connectivity index (χ0v) is 16.9. The van der Waals surface area contributed by atoms with E-state index in [0.717, 1.165) is 16.8 Å². The molecule has 0 aliphatic carbocycles. The van der Waals surface area contributed by atoms with Crippen molar-refractivity contribution in [3.63, 3.8) is 0 Å². The van der Waals surface area contributed by atoms with Gasteiger partial charge in [0.2, 0.25) is 0 Å². The highest BCUT2D eigenvalue weighted by Crippen LogP contribution is 2.31. The number of hydrogen-bond donors (Lipinski definition) is 1. The summed E-state index contributed by atoms with van der Waals surface area (Å²) in [6.45, 7) is 2.44. The second-order valence-electron chi connectivity index (χ2n) is 7.00. The first kappa shape index (κ1) is 18.8. The second-order valence-corrected chi connectivity index (χ2v) is 7.00. The first-order valence-electron chi connectivity index (χ1n) is 10.1. The first-order chi connectivity index (χ1) is 15.3. The number of aromatic amines is 1. The minimum Gasteiger partial charge on any atom is -0.493 e. The van der Waals surface area contributed by atoms with Crippen molar-refractivity contribution < 1.29 is 4.74 Å². The molecule has 0 saturated carbocycles. The average Bonchev–Trinajstić information content (AvgIpc) is 3.21. The number of benzene rings is 3. The van der Waals surface area contributed by atoms with Crippen molar-refractivity contribution >= 4 is 11.0 Å². The Morgan fingerprint density at radius 2 is 1.58 bits per heavy atom. The van der Waals surface area contributed by atoms with Crippen molar-refractivity contribution in [2.45, 2.75) is 6.92 Å². The molecule has 2 heterocycles. The number of ether oxygens (including phenoxy) is 1. The molecule has 1 N–H and O–H groups in total. The lowest BCUT2D eigenvalue weighted by atomic mass is 10.1. The normalized spacial score (nSPS) is 11.0. The lowest BCUT2D eigenvalue weighted by Gasteiger charge is -2.09. The third-order valence-electron chi connectivity index (χ3n) is 5.02. The van der Waals surface area contributed by atoms with E-state index in [4.69, 9.17) is 14.8 Å². The number of fused-ring (bicyclic) bond motifs is 1. The fraction of sp³-hybridized carbons (Fsp3) is 0.0800. The van der Waals surface area contributed by atoms with Gasteiger partial charge in [0.1, 0.15) is 22.8 Å². The highest BCUT2D eigenvalue weighted by molar-refractivity contribution is 5.91. The van der Waals surface area contributed by atoms with Gasteiger partial charge in [-0.3, -0.25) is 4.79 Å². The number of rotatable bonds is 5. The van der Waals surface area contributed by atoms with E-state index in [2.05, 4.69) is 4.98 Å². The van der Waals surface area contributed by atoms with Gasteiger partial charge < -0.3 is 9.72 Å². The Morgan fingerprint density at radius 3 is 2.32 bits per heavy atom. The maximum absolute atomic E-state index is 13.3. The van der Waals surface area contributed by atoms with E-state index in [1.165, 1.54) is 0 Å². The van der Waals surface area contributed by atoms with Crippen LogP contribution in [0.2, 0.25) is 0 Å². The molecule has 0 unspecified atom stereocenters. The number of nitrogens with zero attached hydrogens (tertiary/aromatic N) is 3. The summed E-state index contributed by atoms with van der Waals surface area (Å²) < 4.78 is 7.40. The number of H-pyrrole nitrogens is 1. The zero-order valence-electron chi connectivity index (χ0n) is 16.9. The van der Waals surface area contributed by atoms with Crippen LogP contribution in [0.5, 0.6) is 5.75 Å². The van der Waals surface area contributed by atoms with Gasteiger partial charge in [-0.15, -0.1) is 0 Å². The summed E-state index contributed by atoms with van der Waals surface area (Å²) in [5, 5.41) is 4.79. The molecule has 0 radical (unpaired) electrons. The van der Waals surface area contributed by atoms with Gasteiger partial charge in [0.25, 0.3) is 5.56 Å². The molecule has 0 fully saturated rings. The third-order valence-corrected chi connectivity index (χ3v) is 5.02. The Balaban J connectivity index is 1.82. The predicted molar refractivity (Wildman–Crippen MR) is 122 cm³/mol. The Kier molecular flexibility index (Phi) is 4.80. The molecule has 6 nitrogen and oxygen atoms in total. The summed E-state index contributed by atoms with van der Waals surface area (Å²) in [6, 6.07) is 26.9. The largest absolute Gasteiger partial charge is 0.493 e. The minimum absolute atomic E-state index is 0.259. The van der Waals surface area contributed by atoms with Gasteiger partial charge in [-0.05, 0) is 31.2 Å². The minimum atomic E-state index is -0.259. The molecule has 3 aromatic carbocycles. The van der Waals surface area contributed by atoms with Gasteiger partial charge >= 0.3 is 0 Å². The topological polar surface area (TPSA) is 72.8 Å². The molecule has 0 aliphatic heterocycles. The van der Waals surface area contributed by atoms with E-state index in [1.54, 1.807) is 4.68 Å². The lowest BCUT2D eigenvalue weighted by molar-refractivity contribution is 0.341. The molecule has 0 saturated heterocycles. The van der Waals surface area contributed by atoms with Crippen LogP contribution in [0, 0.1) is 0 Å². The Bertz CT molecular complexity index is 1410. The van der Waals surface area contributed by atoms with E-state index in [-0.39, 0.29) is 5.56 Å². The predicted octanol–water partition coefficient (Wildman–Crippen LogP) is 4.84. The maximum atomic E-state index is 13.3. The van der Waals surface area contributed by atoms with Gasteiger partial charge in [-0.2, -0.15) is 5.10 Å². The Labute approximate surface area is 178 Å². The molecule has 5 aromatic rings. The van der Waals surface area contributed by atoms with Crippen LogP contribution in [-0.4, -0.2) is 26.4 Å². The monoisotopic (exact) mass is 408 g/mol. The molecule has 6 heteroatoms. The molecular weight excluding hydrogens is 388 g/mol. The molecular formula is C25H20N4O2. The third kappa shape index (κ3) is 3.38. The molecule has 0 aliphatic rings. The van der Waals surface area contributed by atoms with Crippen molar-refractivity contribution in [3.8, 4) is 34.1 Å². The highest BCUT2D eigenvalue weighted by atomic mass is 16.5. The van der Waals surface area contributed by atoms with Crippen LogP contribution >= 0.6 is 0 Å². The summed E-state index contributed by atoms with van der Waals surface area (Å²) in [6.07, 6.45) is 0. The Morgan fingerprint density at radius 1 is 0.903 bits per heavy atom. The first-order valence-corrected chi connectivity index (χ1v) is 10.1. The summed E-state index contributed by atoms with van der Waals surface area (Å²) in [5.74, 6) is 1.12. The van der Waals surface area contributed by atoms with Crippen molar-refractivity contribution in [2.75, 3.05) is 6.61 Å². The smallest absolute Gasteiger partial charge is 0.277 e. The lowest BCUT2D eigenvalue weighted by Crippen LogP contribution is -2.13. The number of nitrogens with one attached hydrogen (secondary N) is 1. The van der Waals surface area contributed by atoms with Gasteiger partial charge in [0.15, 0.2) is 5.52 Å². The molecule has 31 heavy (non-hydrogen) atoms. The summed E-state index contributed by atoms with van der Waals surface area (Å²) >= 11 is 0. The second kappa shape index (κ2) is 7.91. The number of para-hydroxylation sites is 2. The van der Waals surface area contributed by atoms with Crippen molar-refractivity contribution in [3.05, 3.63) is 95.3 Å². The van der Waals surface area contributed by atoms with Crippen LogP contribution in [0.15, 0.2) is 89.7 Å². The maximum Gasteiger partial charge on any atom is 0.277 e. The molecule has 2 aromatic heterocycles. The van der Waals surface area contributed by atoms with Crippen LogP contribution in [-0.2, 0) is 0 Å². The fourth-order valence-electron chi connectivity index (χ4n) is 3.64. The Hall–Kier alpha value is -4.19. The van der Waals surface area contributed by atoms with Crippen LogP contribution < -0.4 is 10.3 Å². The quantitative estimate of drug-likeness (QED) is 0.452. The van der Waals surface area contributed by atoms with Crippen LogP contribution in [0.1, 0.15) is 6.92 Å². The van der Waals surface area contributed by atoms with Gasteiger partial charge in [0.05, 0.1) is 17.9 Å². The highest BCUT2D eigenvalue weighted by Gasteiger charge is 2.20. The standard InChI is InChI=1S/C25H20N4O2/c1-2-31-20-16-10-9-15-19(20)24-26-22-21(17-11-5-3-6-12-17)28-29(23(22)25(30)27-24)18-13-7-4-8-14-18/h3-16H,2H2,1H3,(H,26,27,30). The van der Waals surface area contributed by atoms with E-state index in [9.17, 15) is 4.79 Å². The van der Waals surface area contributed by atoms with Crippen molar-refractivity contribution in [1.29, 1.82) is 0 Å². The SMILES string of the molecule is CCOc1ccccc1-c1nc2c(-c3ccccc3)nn(-c3ccccc3)c2c(=O)[nH]1. The molecule has 5 rings (SSSR count). The van der Waals surface area contributed by atoms with E-state index < -0.39 is 0 Å². The number of aromatic nitrogens is 4. The van der Waals surface area contributed by atoms with Gasteiger partial charge in [-0.1, -0.05) is 60.7 Å². The van der Waals surface area contributed by atoms with Crippen LogP contribution in [0.25, 0.3) is 39.4 Å². The molecule has 152 valence electrons. The van der Waals surface area contributed by atoms with E-state index in [1.807, 2.05) is 91.9 Å². The fourth-order valence-corrected chi connectivity index (χ4v) is 3.64.